The van der Waals surface area contributed by atoms with Gasteiger partial charge in [-0.15, -0.1) is 0 Å². The molecule has 0 aliphatic heterocycles. The molecule has 0 aliphatic rings. The van der Waals surface area contributed by atoms with Crippen LogP contribution in [0, 0.1) is 13.8 Å². The molecule has 0 aliphatic carbocycles. The Kier molecular flexibility index (Phi) is 3.89. The average molecular weight is 355 g/mol. The molecule has 0 atom stereocenters. The van der Waals surface area contributed by atoms with Crippen LogP contribution in [0.25, 0.3) is 0 Å². The summed E-state index contributed by atoms with van der Waals surface area (Å²) in [7, 11) is 0. The maximum Gasteiger partial charge on any atom is 0.0398 e. The van der Waals surface area contributed by atoms with E-state index >= 15 is 0 Å². The van der Waals surface area contributed by atoms with Gasteiger partial charge in [-0.1, -0.05) is 31.9 Å². The van der Waals surface area contributed by atoms with Crippen molar-refractivity contribution >= 4 is 43.2 Å². The Bertz CT molecular complexity index is 460. The second-order valence-electron chi connectivity index (χ2n) is 4.16. The summed E-state index contributed by atoms with van der Waals surface area (Å²) in [6.45, 7) is 4.17. The lowest BCUT2D eigenvalue weighted by Crippen LogP contribution is -1.91. The molecule has 1 nitrogen and oxygen atoms in total. The van der Waals surface area contributed by atoms with E-state index in [2.05, 4.69) is 87.4 Å². The van der Waals surface area contributed by atoms with Gasteiger partial charge >= 0.3 is 0 Å². The van der Waals surface area contributed by atoms with E-state index in [0.717, 1.165) is 20.3 Å². The van der Waals surface area contributed by atoms with Gasteiger partial charge in [0.25, 0.3) is 0 Å². The van der Waals surface area contributed by atoms with Crippen LogP contribution in [0.4, 0.5) is 11.4 Å². The Morgan fingerprint density at radius 2 is 1.12 bits per heavy atom. The van der Waals surface area contributed by atoms with E-state index in [4.69, 9.17) is 0 Å². The van der Waals surface area contributed by atoms with Crippen LogP contribution in [0.15, 0.2) is 45.3 Å². The zero-order valence-corrected chi connectivity index (χ0v) is 12.9. The molecular weight excluding hydrogens is 342 g/mol. The van der Waals surface area contributed by atoms with Gasteiger partial charge in [0.15, 0.2) is 0 Å². The Morgan fingerprint density at radius 3 is 1.47 bits per heavy atom. The van der Waals surface area contributed by atoms with E-state index in [1.807, 2.05) is 0 Å². The van der Waals surface area contributed by atoms with Crippen molar-refractivity contribution in [3.63, 3.8) is 0 Å². The number of nitrogens with one attached hydrogen (secondary N) is 1. The van der Waals surface area contributed by atoms with Crippen LogP contribution >= 0.6 is 31.9 Å². The fourth-order valence-corrected chi connectivity index (χ4v) is 3.00. The lowest BCUT2D eigenvalue weighted by molar-refractivity contribution is 1.40. The van der Waals surface area contributed by atoms with E-state index in [1.165, 1.54) is 11.1 Å². The van der Waals surface area contributed by atoms with Gasteiger partial charge < -0.3 is 5.32 Å². The highest BCUT2D eigenvalue weighted by molar-refractivity contribution is 9.10. The Balaban J connectivity index is 2.31. The van der Waals surface area contributed by atoms with Crippen molar-refractivity contribution in [1.82, 2.24) is 0 Å². The van der Waals surface area contributed by atoms with Gasteiger partial charge in [0.1, 0.15) is 0 Å². The van der Waals surface area contributed by atoms with Crippen molar-refractivity contribution in [3.8, 4) is 0 Å². The number of halogens is 2. The summed E-state index contributed by atoms with van der Waals surface area (Å²) in [5.74, 6) is 0. The summed E-state index contributed by atoms with van der Waals surface area (Å²) in [5, 5.41) is 3.41. The Labute approximate surface area is 119 Å². The van der Waals surface area contributed by atoms with Crippen LogP contribution in [-0.2, 0) is 0 Å². The van der Waals surface area contributed by atoms with Crippen molar-refractivity contribution in [3.05, 3.63) is 56.5 Å². The summed E-state index contributed by atoms with van der Waals surface area (Å²) < 4.78 is 2.18. The van der Waals surface area contributed by atoms with Crippen LogP contribution in [-0.4, -0.2) is 0 Å². The number of benzene rings is 2. The molecule has 2 rings (SSSR count). The summed E-state index contributed by atoms with van der Waals surface area (Å²) in [6, 6.07) is 12.6. The van der Waals surface area contributed by atoms with Crippen molar-refractivity contribution in [2.45, 2.75) is 13.8 Å². The van der Waals surface area contributed by atoms with Gasteiger partial charge in [-0.25, -0.2) is 0 Å². The first kappa shape index (κ1) is 12.7. The van der Waals surface area contributed by atoms with Gasteiger partial charge in [0, 0.05) is 20.3 Å². The predicted molar refractivity (Wildman–Crippen MR) is 81.0 cm³/mol. The molecule has 0 amide bonds. The molecule has 0 saturated carbocycles. The molecule has 0 fully saturated rings. The molecule has 0 aromatic heterocycles. The van der Waals surface area contributed by atoms with E-state index in [1.54, 1.807) is 0 Å². The largest absolute Gasteiger partial charge is 0.355 e. The molecule has 0 saturated heterocycles. The molecule has 17 heavy (non-hydrogen) atoms. The second-order valence-corrected chi connectivity index (χ2v) is 5.99. The first-order chi connectivity index (χ1) is 8.02. The monoisotopic (exact) mass is 353 g/mol. The van der Waals surface area contributed by atoms with Crippen LogP contribution in [0.5, 0.6) is 0 Å². The van der Waals surface area contributed by atoms with Crippen LogP contribution in [0.1, 0.15) is 11.1 Å². The van der Waals surface area contributed by atoms with Crippen molar-refractivity contribution in [2.24, 2.45) is 0 Å². The molecular formula is C14H13Br2N. The molecule has 0 unspecified atom stereocenters. The highest BCUT2D eigenvalue weighted by atomic mass is 79.9. The number of rotatable bonds is 2. The average Bonchev–Trinajstić information content (AvgIpc) is 2.13. The Hall–Kier alpha value is -0.800. The minimum absolute atomic E-state index is 1.09. The highest BCUT2D eigenvalue weighted by Crippen LogP contribution is 2.25. The smallest absolute Gasteiger partial charge is 0.0398 e. The minimum atomic E-state index is 1.09. The van der Waals surface area contributed by atoms with Crippen molar-refractivity contribution in [2.75, 3.05) is 5.32 Å². The second kappa shape index (κ2) is 5.23. The minimum Gasteiger partial charge on any atom is -0.355 e. The third-order valence-electron chi connectivity index (χ3n) is 2.37. The molecule has 0 bridgehead atoms. The number of anilines is 2. The molecule has 2 aromatic rings. The standard InChI is InChI=1S/C14H13Br2N/c1-9-3-11(15)7-13(5-9)17-14-6-10(2)4-12(16)8-14/h3-8,17H,1-2H3. The zero-order chi connectivity index (χ0) is 12.4. The van der Waals surface area contributed by atoms with E-state index in [-0.39, 0.29) is 0 Å². The summed E-state index contributed by atoms with van der Waals surface area (Å²) in [6.07, 6.45) is 0. The van der Waals surface area contributed by atoms with E-state index < -0.39 is 0 Å². The van der Waals surface area contributed by atoms with Crippen molar-refractivity contribution in [1.29, 1.82) is 0 Å². The molecule has 3 heteroatoms. The van der Waals surface area contributed by atoms with Crippen LogP contribution in [0.2, 0.25) is 0 Å². The van der Waals surface area contributed by atoms with Gasteiger partial charge in [0.05, 0.1) is 0 Å². The topological polar surface area (TPSA) is 12.0 Å². The van der Waals surface area contributed by atoms with Gasteiger partial charge in [-0.2, -0.15) is 0 Å². The summed E-state index contributed by atoms with van der Waals surface area (Å²) >= 11 is 7.01. The van der Waals surface area contributed by atoms with Crippen LogP contribution < -0.4 is 5.32 Å². The molecule has 0 radical (unpaired) electrons. The summed E-state index contributed by atoms with van der Waals surface area (Å²) in [5.41, 5.74) is 4.64. The predicted octanol–water partition coefficient (Wildman–Crippen LogP) is 5.57. The van der Waals surface area contributed by atoms with E-state index in [0.29, 0.717) is 0 Å². The molecule has 1 N–H and O–H groups in total. The summed E-state index contributed by atoms with van der Waals surface area (Å²) in [4.78, 5) is 0. The fraction of sp³-hybridized carbons (Fsp3) is 0.143. The zero-order valence-electron chi connectivity index (χ0n) is 9.72. The number of hydrogen-bond acceptors (Lipinski definition) is 1. The molecule has 0 heterocycles. The van der Waals surface area contributed by atoms with Crippen molar-refractivity contribution < 1.29 is 0 Å². The van der Waals surface area contributed by atoms with Crippen LogP contribution in [0.3, 0.4) is 0 Å². The lowest BCUT2D eigenvalue weighted by Gasteiger charge is -2.09. The number of aryl methyl sites for hydroxylation is 2. The number of hydrogen-bond donors (Lipinski definition) is 1. The van der Waals surface area contributed by atoms with Gasteiger partial charge in [-0.3, -0.25) is 0 Å². The SMILES string of the molecule is Cc1cc(Br)cc(Nc2cc(C)cc(Br)c2)c1. The lowest BCUT2D eigenvalue weighted by atomic mass is 10.2. The maximum absolute atomic E-state index is 3.51. The third-order valence-corrected chi connectivity index (χ3v) is 3.29. The quantitative estimate of drug-likeness (QED) is 0.743. The molecule has 88 valence electrons. The highest BCUT2D eigenvalue weighted by Gasteiger charge is 2.00. The first-order valence-electron chi connectivity index (χ1n) is 5.34. The Morgan fingerprint density at radius 1 is 0.706 bits per heavy atom. The molecule has 0 spiro atoms. The van der Waals surface area contributed by atoms with Gasteiger partial charge in [-0.05, 0) is 61.4 Å². The van der Waals surface area contributed by atoms with Gasteiger partial charge in [0.2, 0.25) is 0 Å². The maximum atomic E-state index is 3.51. The molecule has 2 aromatic carbocycles. The third kappa shape index (κ3) is 3.58. The normalized spacial score (nSPS) is 10.4. The first-order valence-corrected chi connectivity index (χ1v) is 6.93. The fourth-order valence-electron chi connectivity index (χ4n) is 1.78. The van der Waals surface area contributed by atoms with E-state index in [9.17, 15) is 0 Å².